The number of aryl methyl sites for hydroxylation is 2. The molecule has 5 nitrogen and oxygen atoms in total. The van der Waals surface area contributed by atoms with E-state index in [4.69, 9.17) is 0 Å². The SMILES string of the molecule is Cc1nnc(CN[C@H](C)c2ccc(-n3ccnc3C)cc2)s1. The van der Waals surface area contributed by atoms with Crippen LogP contribution in [-0.4, -0.2) is 19.7 Å². The zero-order valence-electron chi connectivity index (χ0n) is 12.9. The first kappa shape index (κ1) is 14.9. The summed E-state index contributed by atoms with van der Waals surface area (Å²) in [6.45, 7) is 6.88. The normalized spacial score (nSPS) is 12.5. The molecule has 0 amide bonds. The van der Waals surface area contributed by atoms with Gasteiger partial charge >= 0.3 is 0 Å². The van der Waals surface area contributed by atoms with Crippen LogP contribution in [0, 0.1) is 13.8 Å². The largest absolute Gasteiger partial charge is 0.304 e. The summed E-state index contributed by atoms with van der Waals surface area (Å²) in [7, 11) is 0. The molecule has 0 aliphatic heterocycles. The van der Waals surface area contributed by atoms with Gasteiger partial charge in [-0.25, -0.2) is 4.98 Å². The van der Waals surface area contributed by atoms with Gasteiger partial charge in [0.15, 0.2) is 0 Å². The van der Waals surface area contributed by atoms with Crippen molar-refractivity contribution in [3.05, 3.63) is 58.1 Å². The number of benzene rings is 1. The van der Waals surface area contributed by atoms with E-state index in [0.29, 0.717) is 0 Å². The van der Waals surface area contributed by atoms with E-state index in [-0.39, 0.29) is 6.04 Å². The minimum absolute atomic E-state index is 0.266. The summed E-state index contributed by atoms with van der Waals surface area (Å²) in [5.41, 5.74) is 2.38. The highest BCUT2D eigenvalue weighted by atomic mass is 32.1. The van der Waals surface area contributed by atoms with Crippen LogP contribution in [-0.2, 0) is 6.54 Å². The van der Waals surface area contributed by atoms with Gasteiger partial charge in [-0.1, -0.05) is 12.1 Å². The van der Waals surface area contributed by atoms with Gasteiger partial charge < -0.3 is 9.88 Å². The third kappa shape index (κ3) is 3.23. The van der Waals surface area contributed by atoms with E-state index < -0.39 is 0 Å². The minimum atomic E-state index is 0.266. The van der Waals surface area contributed by atoms with E-state index in [0.717, 1.165) is 28.1 Å². The van der Waals surface area contributed by atoms with Crippen molar-refractivity contribution in [2.75, 3.05) is 0 Å². The molecule has 3 rings (SSSR count). The average molecular weight is 313 g/mol. The number of aromatic nitrogens is 4. The zero-order valence-corrected chi connectivity index (χ0v) is 13.8. The minimum Gasteiger partial charge on any atom is -0.304 e. The van der Waals surface area contributed by atoms with Crippen LogP contribution in [0.1, 0.15) is 34.4 Å². The van der Waals surface area contributed by atoms with Crippen LogP contribution >= 0.6 is 11.3 Å². The lowest BCUT2D eigenvalue weighted by Gasteiger charge is -2.14. The lowest BCUT2D eigenvalue weighted by atomic mass is 10.1. The molecule has 1 N–H and O–H groups in total. The second-order valence-corrected chi connectivity index (χ2v) is 6.52. The standard InChI is InChI=1S/C16H19N5S/c1-11(18-10-16-20-19-13(3)22-16)14-4-6-15(7-5-14)21-9-8-17-12(21)2/h4-9,11,18H,10H2,1-3H3/t11-/m1/s1. The van der Waals surface area contributed by atoms with Crippen LogP contribution in [0.4, 0.5) is 0 Å². The lowest BCUT2D eigenvalue weighted by molar-refractivity contribution is 0.571. The molecule has 0 saturated carbocycles. The Kier molecular flexibility index (Phi) is 4.31. The molecule has 2 heterocycles. The molecule has 0 radical (unpaired) electrons. The predicted octanol–water partition coefficient (Wildman–Crippen LogP) is 3.19. The van der Waals surface area contributed by atoms with E-state index in [9.17, 15) is 0 Å². The molecule has 1 aromatic carbocycles. The molecule has 114 valence electrons. The van der Waals surface area contributed by atoms with E-state index in [1.165, 1.54) is 5.56 Å². The number of hydrogen-bond acceptors (Lipinski definition) is 5. The Hall–Kier alpha value is -2.05. The molecule has 0 unspecified atom stereocenters. The molecule has 22 heavy (non-hydrogen) atoms. The first-order valence-electron chi connectivity index (χ1n) is 7.26. The van der Waals surface area contributed by atoms with Crippen LogP contribution in [0.3, 0.4) is 0 Å². The molecule has 0 aliphatic carbocycles. The molecule has 0 saturated heterocycles. The first-order chi connectivity index (χ1) is 10.6. The molecule has 6 heteroatoms. The van der Waals surface area contributed by atoms with Crippen molar-refractivity contribution in [1.82, 2.24) is 25.1 Å². The summed E-state index contributed by atoms with van der Waals surface area (Å²) in [5, 5.41) is 13.7. The summed E-state index contributed by atoms with van der Waals surface area (Å²) >= 11 is 1.63. The van der Waals surface area contributed by atoms with Crippen LogP contribution in [0.5, 0.6) is 0 Å². The number of imidazole rings is 1. The second kappa shape index (κ2) is 6.37. The van der Waals surface area contributed by atoms with Crippen molar-refractivity contribution in [1.29, 1.82) is 0 Å². The van der Waals surface area contributed by atoms with Crippen molar-refractivity contribution < 1.29 is 0 Å². The molecule has 2 aromatic heterocycles. The van der Waals surface area contributed by atoms with E-state index >= 15 is 0 Å². The third-order valence-electron chi connectivity index (χ3n) is 3.62. The summed E-state index contributed by atoms with van der Waals surface area (Å²) in [4.78, 5) is 4.25. The van der Waals surface area contributed by atoms with E-state index in [2.05, 4.69) is 56.3 Å². The molecule has 0 fully saturated rings. The maximum absolute atomic E-state index is 4.25. The van der Waals surface area contributed by atoms with Crippen molar-refractivity contribution >= 4 is 11.3 Å². The topological polar surface area (TPSA) is 55.6 Å². The van der Waals surface area contributed by atoms with Gasteiger partial charge in [0.05, 0.1) is 6.54 Å². The van der Waals surface area contributed by atoms with Crippen molar-refractivity contribution in [2.45, 2.75) is 33.4 Å². The van der Waals surface area contributed by atoms with Gasteiger partial charge in [-0.05, 0) is 38.5 Å². The van der Waals surface area contributed by atoms with Gasteiger partial charge in [0, 0.05) is 24.1 Å². The first-order valence-corrected chi connectivity index (χ1v) is 8.08. The van der Waals surface area contributed by atoms with Gasteiger partial charge in [0.25, 0.3) is 0 Å². The highest BCUT2D eigenvalue weighted by Crippen LogP contribution is 2.17. The van der Waals surface area contributed by atoms with E-state index in [1.54, 1.807) is 11.3 Å². The van der Waals surface area contributed by atoms with Gasteiger partial charge in [0.2, 0.25) is 0 Å². The van der Waals surface area contributed by atoms with Crippen LogP contribution in [0.15, 0.2) is 36.7 Å². The van der Waals surface area contributed by atoms with Crippen molar-refractivity contribution in [3.8, 4) is 5.69 Å². The van der Waals surface area contributed by atoms with Crippen LogP contribution < -0.4 is 5.32 Å². The lowest BCUT2D eigenvalue weighted by Crippen LogP contribution is -2.18. The van der Waals surface area contributed by atoms with Gasteiger partial charge in [-0.2, -0.15) is 0 Å². The maximum atomic E-state index is 4.25. The number of nitrogens with zero attached hydrogens (tertiary/aromatic N) is 4. The molecule has 3 aromatic rings. The number of rotatable bonds is 5. The second-order valence-electron chi connectivity index (χ2n) is 5.25. The van der Waals surface area contributed by atoms with Gasteiger partial charge in [-0.15, -0.1) is 21.5 Å². The van der Waals surface area contributed by atoms with Gasteiger partial charge in [-0.3, -0.25) is 0 Å². The number of nitrogens with one attached hydrogen (secondary N) is 1. The quantitative estimate of drug-likeness (QED) is 0.786. The van der Waals surface area contributed by atoms with Gasteiger partial charge in [0.1, 0.15) is 15.8 Å². The molecule has 0 aliphatic rings. The summed E-state index contributed by atoms with van der Waals surface area (Å²) in [5.74, 6) is 0.991. The molecule has 1 atom stereocenters. The Bertz CT molecular complexity index is 744. The highest BCUT2D eigenvalue weighted by Gasteiger charge is 2.08. The number of hydrogen-bond donors (Lipinski definition) is 1. The summed E-state index contributed by atoms with van der Waals surface area (Å²) in [6, 6.07) is 8.81. The maximum Gasteiger partial charge on any atom is 0.131 e. The Morgan fingerprint density at radius 2 is 1.95 bits per heavy atom. The molecular weight excluding hydrogens is 294 g/mol. The zero-order chi connectivity index (χ0) is 15.5. The van der Waals surface area contributed by atoms with Crippen LogP contribution in [0.2, 0.25) is 0 Å². The fourth-order valence-electron chi connectivity index (χ4n) is 2.34. The Morgan fingerprint density at radius 1 is 1.18 bits per heavy atom. The smallest absolute Gasteiger partial charge is 0.131 e. The van der Waals surface area contributed by atoms with E-state index in [1.807, 2.05) is 26.2 Å². The monoisotopic (exact) mass is 313 g/mol. The van der Waals surface area contributed by atoms with Crippen LogP contribution in [0.25, 0.3) is 5.69 Å². The Labute approximate surface area is 134 Å². The summed E-state index contributed by atoms with van der Waals surface area (Å²) in [6.07, 6.45) is 3.79. The molecular formula is C16H19N5S. The van der Waals surface area contributed by atoms with Crippen molar-refractivity contribution in [3.63, 3.8) is 0 Å². The molecule has 0 spiro atoms. The fraction of sp³-hybridized carbons (Fsp3) is 0.312. The predicted molar refractivity (Wildman–Crippen MR) is 88.2 cm³/mol. The Morgan fingerprint density at radius 3 is 2.55 bits per heavy atom. The fourth-order valence-corrected chi connectivity index (χ4v) is 3.00. The Balaban J connectivity index is 1.66. The third-order valence-corrected chi connectivity index (χ3v) is 4.46. The van der Waals surface area contributed by atoms with Crippen molar-refractivity contribution in [2.24, 2.45) is 0 Å². The molecule has 0 bridgehead atoms. The average Bonchev–Trinajstić information content (AvgIpc) is 3.13. The summed E-state index contributed by atoms with van der Waals surface area (Å²) < 4.78 is 2.08. The highest BCUT2D eigenvalue weighted by molar-refractivity contribution is 7.11.